The molecule has 0 spiro atoms. The first kappa shape index (κ1) is 34.7. The van der Waals surface area contributed by atoms with Gasteiger partial charge in [-0.2, -0.15) is 12.1 Å². The minimum Gasteiger partial charge on any atom is -0.358 e. The van der Waals surface area contributed by atoms with Crippen molar-refractivity contribution in [2.75, 3.05) is 0 Å². The van der Waals surface area contributed by atoms with E-state index < -0.39 is 8.07 Å². The Morgan fingerprint density at radius 2 is 1.00 bits per heavy atom. The minimum absolute atomic E-state index is 0. The second-order valence-electron chi connectivity index (χ2n) is 11.9. The van der Waals surface area contributed by atoms with E-state index in [1.54, 1.807) is 10.4 Å². The third-order valence-electron chi connectivity index (χ3n) is 9.18. The molecule has 43 heavy (non-hydrogen) atoms. The van der Waals surface area contributed by atoms with Crippen LogP contribution in [-0.4, -0.2) is 8.07 Å². The summed E-state index contributed by atoms with van der Waals surface area (Å²) in [5, 5.41) is 8.70. The number of benzene rings is 4. The Morgan fingerprint density at radius 3 is 1.44 bits per heavy atom. The van der Waals surface area contributed by atoms with Crippen LogP contribution in [0.3, 0.4) is 0 Å². The van der Waals surface area contributed by atoms with Crippen LogP contribution in [0.5, 0.6) is 0 Å². The smallest absolute Gasteiger partial charge is 0.358 e. The molecule has 0 fully saturated rings. The first-order chi connectivity index (χ1) is 19.5. The van der Waals surface area contributed by atoms with E-state index in [1.807, 2.05) is 0 Å². The Balaban J connectivity index is 0.00000169. The zero-order valence-corrected chi connectivity index (χ0v) is 31.5. The van der Waals surface area contributed by atoms with E-state index in [0.29, 0.717) is 0 Å². The summed E-state index contributed by atoms with van der Waals surface area (Å²) >= 11 is 0. The second kappa shape index (κ2) is 14.8. The summed E-state index contributed by atoms with van der Waals surface area (Å²) in [6.45, 7) is 9.39. The number of fused-ring (bicyclic) bond motifs is 2. The zero-order chi connectivity index (χ0) is 27.7. The average molecular weight is 745 g/mol. The summed E-state index contributed by atoms with van der Waals surface area (Å²) < 4.78 is 0. The van der Waals surface area contributed by atoms with Gasteiger partial charge in [-0.25, -0.2) is 0 Å². The van der Waals surface area contributed by atoms with Crippen LogP contribution in [-0.2, 0) is 25.8 Å². The third kappa shape index (κ3) is 6.66. The predicted molar refractivity (Wildman–Crippen MR) is 192 cm³/mol. The molecule has 0 unspecified atom stereocenters. The molecule has 0 saturated carbocycles. The number of unbranched alkanes of at least 4 members (excludes halogenated alkanes) is 3. The molecule has 0 radical (unpaired) electrons. The van der Waals surface area contributed by atoms with Crippen molar-refractivity contribution in [3.63, 3.8) is 0 Å². The Kier molecular flexibility index (Phi) is 11.9. The topological polar surface area (TPSA) is 0 Å². The van der Waals surface area contributed by atoms with Gasteiger partial charge in [0.15, 0.2) is 0 Å². The molecular weight excluding hydrogens is 699 g/mol. The van der Waals surface area contributed by atoms with Gasteiger partial charge in [0.2, 0.25) is 0 Å². The molecule has 0 heterocycles. The van der Waals surface area contributed by atoms with Gasteiger partial charge >= 0.3 is 25.8 Å². The van der Waals surface area contributed by atoms with Crippen molar-refractivity contribution in [1.82, 2.24) is 0 Å². The molecule has 0 N–H and O–H groups in total. The Hall–Kier alpha value is -2.81. The molecule has 0 saturated heterocycles. The monoisotopic (exact) mass is 746 g/mol. The van der Waals surface area contributed by atoms with Gasteiger partial charge in [0.05, 0.1) is 8.07 Å². The predicted octanol–water partition coefficient (Wildman–Crippen LogP) is 11.1. The van der Waals surface area contributed by atoms with Crippen LogP contribution in [0.4, 0.5) is 0 Å². The maximum absolute atomic E-state index is 2.63. The van der Waals surface area contributed by atoms with E-state index in [2.05, 4.69) is 137 Å². The van der Waals surface area contributed by atoms with Gasteiger partial charge in [-0.1, -0.05) is 117 Å². The van der Waals surface area contributed by atoms with Crippen molar-refractivity contribution in [2.24, 2.45) is 0 Å². The van der Waals surface area contributed by atoms with Crippen molar-refractivity contribution in [3.05, 3.63) is 135 Å². The standard InChI is InChI=1S/C39H40Si.2CH3.Hf/c1-5-6-7-12-23-40(4,32-24-30-17-13-21-36(38(30)26-32)34-19-10-8-15-28(34)2)33-25-31-18-14-22-37(39(31)27-33)35-20-11-9-16-29(35)3;;;/h8-11,13-22,24-27H,5-7,12,23H2,1-4H3;2*1H3;/q-2;2*-1;+4. The Labute approximate surface area is 280 Å². The van der Waals surface area contributed by atoms with Crippen LogP contribution in [0.1, 0.15) is 43.7 Å². The van der Waals surface area contributed by atoms with Crippen molar-refractivity contribution < 1.29 is 25.8 Å². The van der Waals surface area contributed by atoms with E-state index in [-0.39, 0.29) is 40.7 Å². The molecule has 0 aliphatic rings. The van der Waals surface area contributed by atoms with Crippen LogP contribution in [0.25, 0.3) is 43.8 Å². The van der Waals surface area contributed by atoms with Crippen LogP contribution in [0, 0.1) is 28.7 Å². The molecule has 0 aromatic heterocycles. The summed E-state index contributed by atoms with van der Waals surface area (Å²) in [6.07, 6.45) is 5.22. The van der Waals surface area contributed by atoms with Gasteiger partial charge in [0.25, 0.3) is 0 Å². The van der Waals surface area contributed by atoms with E-state index >= 15 is 0 Å². The quantitative estimate of drug-likeness (QED) is 0.0786. The normalized spacial score (nSPS) is 11.2. The summed E-state index contributed by atoms with van der Waals surface area (Å²) in [4.78, 5) is 0. The van der Waals surface area contributed by atoms with Gasteiger partial charge in [-0.3, -0.25) is 0 Å². The third-order valence-corrected chi connectivity index (χ3v) is 13.7. The number of hydrogen-bond acceptors (Lipinski definition) is 0. The fourth-order valence-electron chi connectivity index (χ4n) is 6.69. The summed E-state index contributed by atoms with van der Waals surface area (Å²) in [5.74, 6) is 0. The van der Waals surface area contributed by atoms with E-state index in [1.165, 1.54) is 86.7 Å². The van der Waals surface area contributed by atoms with Gasteiger partial charge in [0, 0.05) is 0 Å². The van der Waals surface area contributed by atoms with Crippen molar-refractivity contribution >= 4 is 40.0 Å². The summed E-state index contributed by atoms with van der Waals surface area (Å²) in [5.41, 5.74) is 8.08. The first-order valence-electron chi connectivity index (χ1n) is 15.0. The number of aryl methyl sites for hydroxylation is 2. The summed E-state index contributed by atoms with van der Waals surface area (Å²) in [6, 6.07) is 42.8. The molecule has 0 aliphatic carbocycles. The van der Waals surface area contributed by atoms with Crippen LogP contribution < -0.4 is 10.4 Å². The second-order valence-corrected chi connectivity index (χ2v) is 16.2. The Morgan fingerprint density at radius 1 is 0.558 bits per heavy atom. The molecule has 6 rings (SSSR count). The van der Waals surface area contributed by atoms with Gasteiger partial charge in [0.1, 0.15) is 0 Å². The molecule has 218 valence electrons. The molecule has 0 aliphatic heterocycles. The molecule has 0 atom stereocenters. The van der Waals surface area contributed by atoms with E-state index in [0.717, 1.165) is 0 Å². The van der Waals surface area contributed by atoms with E-state index in [9.17, 15) is 0 Å². The fraction of sp³-hybridized carbons (Fsp3) is 0.220. The Bertz CT molecular complexity index is 1660. The van der Waals surface area contributed by atoms with Crippen molar-refractivity contribution in [1.29, 1.82) is 0 Å². The maximum atomic E-state index is 2.63. The first-order valence-corrected chi connectivity index (χ1v) is 17.7. The van der Waals surface area contributed by atoms with Gasteiger partial charge in [-0.05, 0) is 36.1 Å². The molecular formula is C41H46HfSi. The molecule has 6 aromatic rings. The number of rotatable bonds is 9. The van der Waals surface area contributed by atoms with E-state index in [4.69, 9.17) is 0 Å². The zero-order valence-electron chi connectivity index (χ0n) is 26.9. The van der Waals surface area contributed by atoms with Gasteiger partial charge < -0.3 is 14.9 Å². The minimum atomic E-state index is -1.99. The molecule has 6 aromatic carbocycles. The van der Waals surface area contributed by atoms with Gasteiger partial charge in [-0.15, -0.1) is 68.3 Å². The molecule has 2 heteroatoms. The summed E-state index contributed by atoms with van der Waals surface area (Å²) in [7, 11) is -1.99. The fourth-order valence-corrected chi connectivity index (χ4v) is 10.4. The van der Waals surface area contributed by atoms with Crippen LogP contribution >= 0.6 is 0 Å². The SMILES string of the molecule is CCCCCC[Si](C)(c1cc2c(-c3ccccc3C)cccc2[cH-]1)c1cc2c(-c3ccccc3C)cccc2[cH-]1.[CH3-].[CH3-].[Hf+4]. The maximum Gasteiger partial charge on any atom is 4.00 e. The number of hydrogen-bond donors (Lipinski definition) is 0. The molecule has 0 nitrogen and oxygen atoms in total. The average Bonchev–Trinajstić information content (AvgIpc) is 3.61. The molecule has 0 amide bonds. The van der Waals surface area contributed by atoms with Crippen molar-refractivity contribution in [3.8, 4) is 22.3 Å². The molecule has 0 bridgehead atoms. The van der Waals surface area contributed by atoms with Crippen molar-refractivity contribution in [2.45, 2.75) is 59.0 Å². The largest absolute Gasteiger partial charge is 4.00 e. The van der Waals surface area contributed by atoms with Crippen LogP contribution in [0.15, 0.2) is 109 Å². The van der Waals surface area contributed by atoms with Crippen LogP contribution in [0.2, 0.25) is 12.6 Å².